The van der Waals surface area contributed by atoms with E-state index >= 15 is 0 Å². The fourth-order valence-corrected chi connectivity index (χ4v) is 4.92. The monoisotopic (exact) mass is 473 g/mol. The fraction of sp³-hybridized carbons (Fsp3) is 0.222. The first kappa shape index (κ1) is 23.7. The number of rotatable bonds is 9. The number of benzene rings is 3. The molecule has 7 heteroatoms. The van der Waals surface area contributed by atoms with Gasteiger partial charge in [-0.1, -0.05) is 84.6 Å². The van der Waals surface area contributed by atoms with E-state index in [9.17, 15) is 14.7 Å². The molecule has 0 aliphatic carbocycles. The van der Waals surface area contributed by atoms with Gasteiger partial charge in [0.2, 0.25) is 5.91 Å². The number of carbonyl (C=O) groups is 1. The molecule has 4 aromatic rings. The second-order valence-corrected chi connectivity index (χ2v) is 8.91. The molecule has 0 aliphatic heterocycles. The molecule has 0 fully saturated rings. The van der Waals surface area contributed by atoms with Crippen molar-refractivity contribution in [3.63, 3.8) is 0 Å². The van der Waals surface area contributed by atoms with Gasteiger partial charge in [-0.3, -0.25) is 14.2 Å². The summed E-state index contributed by atoms with van der Waals surface area (Å²) in [5.74, 6) is 0.0650. The van der Waals surface area contributed by atoms with Gasteiger partial charge in [0, 0.05) is 20.2 Å². The molecule has 6 nitrogen and oxygen atoms in total. The molecular formula is C27H27N3O3S. The van der Waals surface area contributed by atoms with Crippen LogP contribution in [0.25, 0.3) is 10.9 Å². The van der Waals surface area contributed by atoms with E-state index in [4.69, 9.17) is 0 Å². The lowest BCUT2D eigenvalue weighted by atomic mass is 9.97. The van der Waals surface area contributed by atoms with Crippen LogP contribution in [0.3, 0.4) is 0 Å². The van der Waals surface area contributed by atoms with Crippen LogP contribution >= 0.6 is 11.8 Å². The number of para-hydroxylation sites is 1. The minimum Gasteiger partial charge on any atom is -0.396 e. The minimum absolute atomic E-state index is 0.0269. The summed E-state index contributed by atoms with van der Waals surface area (Å²) < 4.78 is 1.56. The van der Waals surface area contributed by atoms with Crippen molar-refractivity contribution in [1.82, 2.24) is 14.5 Å². The van der Waals surface area contributed by atoms with Crippen LogP contribution in [0, 0.1) is 0 Å². The number of fused-ring (bicyclic) bond motifs is 1. The lowest BCUT2D eigenvalue weighted by molar-refractivity contribution is -0.128. The molecule has 3 aromatic carbocycles. The Kier molecular flexibility index (Phi) is 7.77. The third-order valence-electron chi connectivity index (χ3n) is 5.70. The number of nitrogens with zero attached hydrogens (tertiary/aromatic N) is 3. The highest BCUT2D eigenvalue weighted by Crippen LogP contribution is 2.28. The molecule has 1 heterocycles. The molecule has 0 unspecified atom stereocenters. The van der Waals surface area contributed by atoms with Crippen LogP contribution in [0.4, 0.5) is 0 Å². The first-order valence-electron chi connectivity index (χ1n) is 11.2. The first-order chi connectivity index (χ1) is 16.6. The Morgan fingerprint density at radius 3 is 2.18 bits per heavy atom. The fourth-order valence-electron chi connectivity index (χ4n) is 3.97. The second-order valence-electron chi connectivity index (χ2n) is 7.96. The highest BCUT2D eigenvalue weighted by atomic mass is 32.2. The van der Waals surface area contributed by atoms with Crippen LogP contribution in [0.15, 0.2) is 94.9 Å². The zero-order chi connectivity index (χ0) is 23.9. The van der Waals surface area contributed by atoms with Crippen molar-refractivity contribution in [1.29, 1.82) is 0 Å². The molecule has 1 aromatic heterocycles. The summed E-state index contributed by atoms with van der Waals surface area (Å²) in [6.07, 6.45) is 0.436. The zero-order valence-corrected chi connectivity index (χ0v) is 19.8. The Morgan fingerprint density at radius 2 is 1.56 bits per heavy atom. The molecule has 0 atom stereocenters. The Morgan fingerprint density at radius 1 is 0.971 bits per heavy atom. The predicted molar refractivity (Wildman–Crippen MR) is 136 cm³/mol. The highest BCUT2D eigenvalue weighted by molar-refractivity contribution is 7.99. The van der Waals surface area contributed by atoms with Crippen molar-refractivity contribution >= 4 is 28.6 Å². The van der Waals surface area contributed by atoms with Crippen molar-refractivity contribution in [3.05, 3.63) is 106 Å². The number of carbonyl (C=O) groups excluding carboxylic acids is 1. The zero-order valence-electron chi connectivity index (χ0n) is 19.0. The van der Waals surface area contributed by atoms with Crippen molar-refractivity contribution in [2.45, 2.75) is 24.2 Å². The van der Waals surface area contributed by atoms with Crippen molar-refractivity contribution in [2.75, 3.05) is 19.4 Å². The number of thioether (sulfide) groups is 1. The maximum Gasteiger partial charge on any atom is 0.262 e. The second kappa shape index (κ2) is 11.1. The normalized spacial score (nSPS) is 11.1. The smallest absolute Gasteiger partial charge is 0.262 e. The summed E-state index contributed by atoms with van der Waals surface area (Å²) in [6, 6.07) is 26.8. The van der Waals surface area contributed by atoms with Crippen LogP contribution in [0.5, 0.6) is 0 Å². The highest BCUT2D eigenvalue weighted by Gasteiger charge is 2.24. The SMILES string of the molecule is CN(C(=O)CSc1nc2ccccc2c(=O)n1CCCO)C(c1ccccc1)c1ccccc1. The van der Waals surface area contributed by atoms with E-state index in [1.54, 1.807) is 34.7 Å². The molecule has 1 amide bonds. The van der Waals surface area contributed by atoms with Gasteiger partial charge in [0.1, 0.15) is 0 Å². The van der Waals surface area contributed by atoms with Gasteiger partial charge >= 0.3 is 0 Å². The maximum atomic E-state index is 13.3. The van der Waals surface area contributed by atoms with Crippen molar-refractivity contribution < 1.29 is 9.90 Å². The van der Waals surface area contributed by atoms with Crippen LogP contribution in [-0.2, 0) is 11.3 Å². The van der Waals surface area contributed by atoms with Crippen LogP contribution < -0.4 is 5.56 Å². The largest absolute Gasteiger partial charge is 0.396 e. The van der Waals surface area contributed by atoms with E-state index < -0.39 is 0 Å². The average Bonchev–Trinajstić information content (AvgIpc) is 2.88. The summed E-state index contributed by atoms with van der Waals surface area (Å²) in [6.45, 7) is 0.317. The maximum absolute atomic E-state index is 13.3. The summed E-state index contributed by atoms with van der Waals surface area (Å²) in [4.78, 5) is 32.8. The quantitative estimate of drug-likeness (QED) is 0.292. The van der Waals surface area contributed by atoms with E-state index in [-0.39, 0.29) is 29.9 Å². The molecule has 174 valence electrons. The third-order valence-corrected chi connectivity index (χ3v) is 6.66. The molecular weight excluding hydrogens is 446 g/mol. The third kappa shape index (κ3) is 5.21. The van der Waals surface area contributed by atoms with Crippen LogP contribution in [-0.4, -0.2) is 44.9 Å². The Balaban J connectivity index is 1.60. The Bertz CT molecular complexity index is 1270. The summed E-state index contributed by atoms with van der Waals surface area (Å²) in [7, 11) is 1.81. The molecule has 0 bridgehead atoms. The van der Waals surface area contributed by atoms with E-state index in [2.05, 4.69) is 4.98 Å². The van der Waals surface area contributed by atoms with Gasteiger partial charge in [-0.15, -0.1) is 0 Å². The molecule has 1 N–H and O–H groups in total. The van der Waals surface area contributed by atoms with Crippen LogP contribution in [0.1, 0.15) is 23.6 Å². The van der Waals surface area contributed by atoms with Gasteiger partial charge in [-0.25, -0.2) is 4.98 Å². The standard InChI is InChI=1S/C27H27N3O3S/c1-29(25(20-11-4-2-5-12-20)21-13-6-3-7-14-21)24(32)19-34-27-28-23-16-9-8-15-22(23)26(33)30(27)17-10-18-31/h2-9,11-16,25,31H,10,17-19H2,1H3. The lowest BCUT2D eigenvalue weighted by Crippen LogP contribution is -2.33. The van der Waals surface area contributed by atoms with Gasteiger partial charge in [0.15, 0.2) is 5.16 Å². The van der Waals surface area contributed by atoms with E-state index in [1.807, 2.05) is 66.7 Å². The predicted octanol–water partition coefficient (Wildman–Crippen LogP) is 4.12. The van der Waals surface area contributed by atoms with E-state index in [1.165, 1.54) is 11.8 Å². The Labute approximate surface area is 202 Å². The Hall–Kier alpha value is -3.42. The molecule has 0 saturated carbocycles. The van der Waals surface area contributed by atoms with Gasteiger partial charge in [0.25, 0.3) is 5.56 Å². The number of aromatic nitrogens is 2. The topological polar surface area (TPSA) is 75.4 Å². The number of hydrogen-bond donors (Lipinski definition) is 1. The molecule has 0 radical (unpaired) electrons. The molecule has 34 heavy (non-hydrogen) atoms. The molecule has 0 saturated heterocycles. The van der Waals surface area contributed by atoms with E-state index in [0.29, 0.717) is 29.0 Å². The summed E-state index contributed by atoms with van der Waals surface area (Å²) in [5.41, 5.74) is 2.49. The molecule has 0 spiro atoms. The minimum atomic E-state index is -0.225. The lowest BCUT2D eigenvalue weighted by Gasteiger charge is -2.29. The average molecular weight is 474 g/mol. The summed E-state index contributed by atoms with van der Waals surface area (Å²) >= 11 is 1.25. The first-order valence-corrected chi connectivity index (χ1v) is 12.2. The van der Waals surface area contributed by atoms with Crippen molar-refractivity contribution in [3.8, 4) is 0 Å². The number of hydrogen-bond acceptors (Lipinski definition) is 5. The molecule has 4 rings (SSSR count). The van der Waals surface area contributed by atoms with Gasteiger partial charge in [-0.05, 0) is 29.7 Å². The van der Waals surface area contributed by atoms with Gasteiger partial charge in [-0.2, -0.15) is 0 Å². The van der Waals surface area contributed by atoms with Crippen molar-refractivity contribution in [2.24, 2.45) is 0 Å². The van der Waals surface area contributed by atoms with E-state index in [0.717, 1.165) is 11.1 Å². The number of aliphatic hydroxyl groups is 1. The number of aliphatic hydroxyl groups excluding tert-OH is 1. The van der Waals surface area contributed by atoms with Crippen LogP contribution in [0.2, 0.25) is 0 Å². The summed E-state index contributed by atoms with van der Waals surface area (Å²) in [5, 5.41) is 10.3. The number of amides is 1. The molecule has 0 aliphatic rings. The van der Waals surface area contributed by atoms with Gasteiger partial charge in [0.05, 0.1) is 22.7 Å². The van der Waals surface area contributed by atoms with Gasteiger partial charge < -0.3 is 10.0 Å².